The van der Waals surface area contributed by atoms with E-state index in [1.54, 1.807) is 0 Å². The summed E-state index contributed by atoms with van der Waals surface area (Å²) in [4.78, 5) is 23.2. The minimum Gasteiger partial charge on any atom is -0.364 e. The minimum absolute atomic E-state index is 0.0431. The van der Waals surface area contributed by atoms with E-state index >= 15 is 0 Å². The van der Waals surface area contributed by atoms with Crippen LogP contribution < -0.4 is 10.6 Å². The number of nitrogens with zero attached hydrogens (tertiary/aromatic N) is 3. The molecule has 0 spiro atoms. The van der Waals surface area contributed by atoms with Gasteiger partial charge in [0.05, 0.1) is 16.9 Å². The van der Waals surface area contributed by atoms with Crippen LogP contribution in [0, 0.1) is 0 Å². The van der Waals surface area contributed by atoms with Gasteiger partial charge >= 0.3 is 6.18 Å². The number of halogens is 3. The van der Waals surface area contributed by atoms with Crippen molar-refractivity contribution in [3.8, 4) is 11.3 Å². The molecule has 0 saturated heterocycles. The average Bonchev–Trinajstić information content (AvgIpc) is 3.16. The summed E-state index contributed by atoms with van der Waals surface area (Å²) >= 11 is 0. The molecule has 0 saturated carbocycles. The third-order valence-electron chi connectivity index (χ3n) is 3.51. The molecule has 2 heterocycles. The first-order valence-electron chi connectivity index (χ1n) is 7.79. The van der Waals surface area contributed by atoms with Gasteiger partial charge in [0.1, 0.15) is 6.26 Å². The highest BCUT2D eigenvalue weighted by atomic mass is 19.4. The van der Waals surface area contributed by atoms with Gasteiger partial charge < -0.3 is 15.2 Å². The van der Waals surface area contributed by atoms with Crippen molar-refractivity contribution in [1.29, 1.82) is 0 Å². The van der Waals surface area contributed by atoms with Crippen molar-refractivity contribution in [2.24, 2.45) is 0 Å². The zero-order chi connectivity index (χ0) is 20.3. The van der Waals surface area contributed by atoms with Gasteiger partial charge in [0, 0.05) is 18.6 Å². The Bertz CT molecular complexity index is 1000. The summed E-state index contributed by atoms with van der Waals surface area (Å²) in [5.41, 5.74) is -0.482. The van der Waals surface area contributed by atoms with Gasteiger partial charge in [-0.3, -0.25) is 9.59 Å². The van der Waals surface area contributed by atoms with Crippen LogP contribution in [-0.2, 0) is 11.0 Å². The number of rotatable bonds is 4. The zero-order valence-electron chi connectivity index (χ0n) is 14.2. The van der Waals surface area contributed by atoms with Crippen molar-refractivity contribution in [2.45, 2.75) is 13.1 Å². The van der Waals surface area contributed by atoms with Crippen LogP contribution in [0.2, 0.25) is 0 Å². The maximum Gasteiger partial charge on any atom is 0.416 e. The lowest BCUT2D eigenvalue weighted by molar-refractivity contribution is -0.137. The number of carbonyl (C=O) groups excluding carboxylic acids is 2. The number of hydrogen-bond acceptors (Lipinski definition) is 6. The van der Waals surface area contributed by atoms with Gasteiger partial charge in [-0.25, -0.2) is 0 Å². The molecule has 0 radical (unpaired) electrons. The number of benzene rings is 1. The number of anilines is 2. The molecule has 1 aromatic carbocycles. The molecule has 0 atom stereocenters. The van der Waals surface area contributed by atoms with Gasteiger partial charge in [-0.1, -0.05) is 11.2 Å². The van der Waals surface area contributed by atoms with E-state index in [9.17, 15) is 22.8 Å². The summed E-state index contributed by atoms with van der Waals surface area (Å²) in [7, 11) is 0. The Labute approximate surface area is 155 Å². The van der Waals surface area contributed by atoms with Crippen molar-refractivity contribution < 1.29 is 27.3 Å². The first-order chi connectivity index (χ1) is 13.2. The zero-order valence-corrected chi connectivity index (χ0v) is 14.2. The quantitative estimate of drug-likeness (QED) is 0.706. The van der Waals surface area contributed by atoms with Crippen LogP contribution in [0.25, 0.3) is 11.3 Å². The maximum atomic E-state index is 12.9. The first kappa shape index (κ1) is 19.0. The lowest BCUT2D eigenvalue weighted by Gasteiger charge is -2.13. The molecule has 3 aromatic rings. The van der Waals surface area contributed by atoms with E-state index in [2.05, 4.69) is 30.5 Å². The molecule has 0 aliphatic carbocycles. The van der Waals surface area contributed by atoms with Gasteiger partial charge in [0.25, 0.3) is 5.91 Å². The summed E-state index contributed by atoms with van der Waals surface area (Å²) in [6.45, 7) is 1.18. The third kappa shape index (κ3) is 4.31. The van der Waals surface area contributed by atoms with Crippen LogP contribution in [0.3, 0.4) is 0 Å². The SMILES string of the molecule is CC(=O)Nc1cc(C(F)(F)F)ccc1-c1ccc(NC(=O)c2ccon2)nn1. The van der Waals surface area contributed by atoms with E-state index in [4.69, 9.17) is 0 Å². The molecule has 3 rings (SSSR count). The first-order valence-corrected chi connectivity index (χ1v) is 7.79. The van der Waals surface area contributed by atoms with E-state index in [1.165, 1.54) is 37.5 Å². The van der Waals surface area contributed by atoms with Crippen LogP contribution >= 0.6 is 0 Å². The topological polar surface area (TPSA) is 110 Å². The standard InChI is InChI=1S/C17H12F3N5O3/c1-9(26)21-14-8-10(17(18,19)20)2-3-11(14)12-4-5-15(24-23-12)22-16(27)13-6-7-28-25-13/h2-8H,1H3,(H,21,26)(H,22,24,27). The summed E-state index contributed by atoms with van der Waals surface area (Å²) in [6, 6.07) is 7.10. The molecule has 11 heteroatoms. The molecule has 144 valence electrons. The van der Waals surface area contributed by atoms with Gasteiger partial charge in [0.2, 0.25) is 5.91 Å². The molecule has 0 bridgehead atoms. The number of nitrogens with one attached hydrogen (secondary N) is 2. The lowest BCUT2D eigenvalue weighted by atomic mass is 10.1. The second kappa shape index (κ2) is 7.47. The molecule has 28 heavy (non-hydrogen) atoms. The summed E-state index contributed by atoms with van der Waals surface area (Å²) in [5, 5.41) is 16.0. The molecule has 0 aliphatic heterocycles. The second-order valence-electron chi connectivity index (χ2n) is 5.58. The highest BCUT2D eigenvalue weighted by molar-refractivity contribution is 6.02. The summed E-state index contributed by atoms with van der Waals surface area (Å²) < 4.78 is 43.4. The second-order valence-corrected chi connectivity index (χ2v) is 5.58. The Morgan fingerprint density at radius 1 is 1.04 bits per heavy atom. The van der Waals surface area contributed by atoms with E-state index in [1.807, 2.05) is 0 Å². The van der Waals surface area contributed by atoms with E-state index in [-0.39, 0.29) is 28.5 Å². The molecule has 0 fully saturated rings. The summed E-state index contributed by atoms with van der Waals surface area (Å²) in [5.74, 6) is -1.00. The van der Waals surface area contributed by atoms with Crippen molar-refractivity contribution >= 4 is 23.3 Å². The van der Waals surface area contributed by atoms with E-state index in [0.717, 1.165) is 12.1 Å². The molecule has 0 aliphatic rings. The number of carbonyl (C=O) groups is 2. The normalized spacial score (nSPS) is 11.1. The van der Waals surface area contributed by atoms with Crippen molar-refractivity contribution in [3.63, 3.8) is 0 Å². The largest absolute Gasteiger partial charge is 0.416 e. The minimum atomic E-state index is -4.56. The van der Waals surface area contributed by atoms with Crippen LogP contribution in [0.1, 0.15) is 23.0 Å². The third-order valence-corrected chi connectivity index (χ3v) is 3.51. The number of hydrogen-bond donors (Lipinski definition) is 2. The van der Waals surface area contributed by atoms with Crippen LogP contribution in [0.5, 0.6) is 0 Å². The molecular weight excluding hydrogens is 379 g/mol. The number of alkyl halides is 3. The highest BCUT2D eigenvalue weighted by Crippen LogP contribution is 2.35. The van der Waals surface area contributed by atoms with Crippen molar-refractivity contribution in [3.05, 3.63) is 53.9 Å². The van der Waals surface area contributed by atoms with Crippen LogP contribution in [-0.4, -0.2) is 27.2 Å². The Morgan fingerprint density at radius 3 is 2.39 bits per heavy atom. The smallest absolute Gasteiger partial charge is 0.364 e. The fourth-order valence-electron chi connectivity index (χ4n) is 2.29. The van der Waals surface area contributed by atoms with Crippen molar-refractivity contribution in [1.82, 2.24) is 15.4 Å². The molecule has 8 nitrogen and oxygen atoms in total. The Kier molecular flexibility index (Phi) is 5.07. The van der Waals surface area contributed by atoms with Crippen LogP contribution in [0.4, 0.5) is 24.7 Å². The predicted octanol–water partition coefficient (Wildman–Crippen LogP) is 3.36. The lowest BCUT2D eigenvalue weighted by Crippen LogP contribution is -2.14. The van der Waals surface area contributed by atoms with Gasteiger partial charge in [-0.2, -0.15) is 13.2 Å². The highest BCUT2D eigenvalue weighted by Gasteiger charge is 2.31. The number of aromatic nitrogens is 3. The summed E-state index contributed by atoms with van der Waals surface area (Å²) in [6.07, 6.45) is -3.33. The molecule has 2 amide bonds. The monoisotopic (exact) mass is 391 g/mol. The van der Waals surface area contributed by atoms with Gasteiger partial charge in [-0.05, 0) is 24.3 Å². The Hall–Kier alpha value is -3.76. The fraction of sp³-hybridized carbons (Fsp3) is 0.118. The van der Waals surface area contributed by atoms with Crippen LogP contribution in [0.15, 0.2) is 47.2 Å². The Morgan fingerprint density at radius 2 is 1.82 bits per heavy atom. The maximum absolute atomic E-state index is 12.9. The van der Waals surface area contributed by atoms with Gasteiger partial charge in [0.15, 0.2) is 11.5 Å². The predicted molar refractivity (Wildman–Crippen MR) is 91.2 cm³/mol. The molecule has 2 aromatic heterocycles. The van der Waals surface area contributed by atoms with E-state index < -0.39 is 23.6 Å². The average molecular weight is 391 g/mol. The van der Waals surface area contributed by atoms with E-state index in [0.29, 0.717) is 0 Å². The molecular formula is C17H12F3N5O3. The number of amides is 2. The molecule has 0 unspecified atom stereocenters. The van der Waals surface area contributed by atoms with Gasteiger partial charge in [-0.15, -0.1) is 10.2 Å². The Balaban J connectivity index is 1.88. The van der Waals surface area contributed by atoms with Crippen molar-refractivity contribution in [2.75, 3.05) is 10.6 Å². The molecule has 2 N–H and O–H groups in total. The fourth-order valence-corrected chi connectivity index (χ4v) is 2.29.